The summed E-state index contributed by atoms with van der Waals surface area (Å²) >= 11 is 0. The smallest absolute Gasteiger partial charge is 0.224 e. The van der Waals surface area contributed by atoms with Gasteiger partial charge in [0.2, 0.25) is 5.91 Å². The van der Waals surface area contributed by atoms with Crippen molar-refractivity contribution in [2.75, 3.05) is 5.32 Å². The maximum absolute atomic E-state index is 13.4. The number of aryl methyl sites for hydroxylation is 1. The molecule has 0 aromatic heterocycles. The number of hydrogen-bond donors (Lipinski definition) is 2. The van der Waals surface area contributed by atoms with E-state index in [4.69, 9.17) is 5.11 Å². The number of halogens is 2. The highest BCUT2D eigenvalue weighted by Gasteiger charge is 2.08. The molecule has 3 nitrogen and oxygen atoms in total. The largest absolute Gasteiger partial charge is 0.392 e. The number of rotatable bonds is 5. The first-order chi connectivity index (χ1) is 10.1. The second-order valence-electron chi connectivity index (χ2n) is 4.64. The van der Waals surface area contributed by atoms with Crippen molar-refractivity contribution < 1.29 is 18.7 Å². The second-order valence-corrected chi connectivity index (χ2v) is 4.64. The number of aliphatic hydroxyl groups excluding tert-OH is 1. The number of carbonyl (C=O) groups excluding carboxylic acids is 1. The zero-order valence-corrected chi connectivity index (χ0v) is 11.3. The normalized spacial score (nSPS) is 10.4. The number of aliphatic hydroxyl groups is 1. The third-order valence-electron chi connectivity index (χ3n) is 3.02. The zero-order valence-electron chi connectivity index (χ0n) is 11.3. The molecule has 0 saturated heterocycles. The van der Waals surface area contributed by atoms with Crippen molar-refractivity contribution in [2.24, 2.45) is 0 Å². The number of anilines is 1. The monoisotopic (exact) mass is 291 g/mol. The fraction of sp³-hybridized carbons (Fsp3) is 0.188. The summed E-state index contributed by atoms with van der Waals surface area (Å²) < 4.78 is 26.4. The standard InChI is InChI=1S/C16H15F2NO2/c17-13-5-6-15(18)12(9-13)4-7-16(21)19-14-3-1-2-11(8-14)10-20/h1-3,5-6,8-9,20H,4,7,10H2,(H,19,21). The van der Waals surface area contributed by atoms with Gasteiger partial charge in [-0.3, -0.25) is 4.79 Å². The summed E-state index contributed by atoms with van der Waals surface area (Å²) in [7, 11) is 0. The number of carbonyl (C=O) groups is 1. The molecule has 5 heteroatoms. The molecule has 2 N–H and O–H groups in total. The van der Waals surface area contributed by atoms with E-state index < -0.39 is 11.6 Å². The summed E-state index contributed by atoms with van der Waals surface area (Å²) in [5, 5.41) is 11.7. The number of amides is 1. The maximum Gasteiger partial charge on any atom is 0.224 e. The third kappa shape index (κ3) is 4.36. The lowest BCUT2D eigenvalue weighted by Crippen LogP contribution is -2.13. The van der Waals surface area contributed by atoms with E-state index in [2.05, 4.69) is 5.32 Å². The molecule has 0 atom stereocenters. The molecular weight excluding hydrogens is 276 g/mol. The molecule has 110 valence electrons. The Labute approximate surface area is 121 Å². The van der Waals surface area contributed by atoms with Crippen molar-refractivity contribution in [1.29, 1.82) is 0 Å². The molecule has 0 bridgehead atoms. The number of hydrogen-bond acceptors (Lipinski definition) is 2. The molecule has 1 amide bonds. The van der Waals surface area contributed by atoms with Crippen molar-refractivity contribution in [3.8, 4) is 0 Å². The Morgan fingerprint density at radius 2 is 1.95 bits per heavy atom. The molecule has 0 saturated carbocycles. The summed E-state index contributed by atoms with van der Waals surface area (Å²) in [4.78, 5) is 11.8. The fourth-order valence-corrected chi connectivity index (χ4v) is 1.95. The molecule has 0 aliphatic rings. The van der Waals surface area contributed by atoms with Gasteiger partial charge in [0.15, 0.2) is 0 Å². The molecule has 0 radical (unpaired) electrons. The SMILES string of the molecule is O=C(CCc1cc(F)ccc1F)Nc1cccc(CO)c1. The van der Waals surface area contributed by atoms with Crippen molar-refractivity contribution >= 4 is 11.6 Å². The molecule has 2 aromatic rings. The molecule has 21 heavy (non-hydrogen) atoms. The van der Waals surface area contributed by atoms with Crippen LogP contribution in [-0.4, -0.2) is 11.0 Å². The van der Waals surface area contributed by atoms with Crippen LogP contribution in [0.3, 0.4) is 0 Å². The van der Waals surface area contributed by atoms with Gasteiger partial charge in [-0.25, -0.2) is 8.78 Å². The molecular formula is C16H15F2NO2. The average molecular weight is 291 g/mol. The summed E-state index contributed by atoms with van der Waals surface area (Å²) in [5.74, 6) is -1.34. The van der Waals surface area contributed by atoms with E-state index in [-0.39, 0.29) is 30.9 Å². The fourth-order valence-electron chi connectivity index (χ4n) is 1.95. The van der Waals surface area contributed by atoms with Crippen LogP contribution in [0.2, 0.25) is 0 Å². The van der Waals surface area contributed by atoms with Gasteiger partial charge < -0.3 is 10.4 Å². The van der Waals surface area contributed by atoms with E-state index in [1.807, 2.05) is 0 Å². The first-order valence-electron chi connectivity index (χ1n) is 6.52. The quantitative estimate of drug-likeness (QED) is 0.889. The lowest BCUT2D eigenvalue weighted by molar-refractivity contribution is -0.116. The summed E-state index contributed by atoms with van der Waals surface area (Å²) in [6.45, 7) is -0.113. The zero-order chi connectivity index (χ0) is 15.2. The summed E-state index contributed by atoms with van der Waals surface area (Å²) in [5.41, 5.74) is 1.42. The Hall–Kier alpha value is -2.27. The first kappa shape index (κ1) is 15.1. The van der Waals surface area contributed by atoms with Gasteiger partial charge in [-0.05, 0) is 47.9 Å². The van der Waals surface area contributed by atoms with Crippen LogP contribution in [0.4, 0.5) is 14.5 Å². The van der Waals surface area contributed by atoms with Crippen LogP contribution in [0, 0.1) is 11.6 Å². The molecule has 0 spiro atoms. The molecule has 0 fully saturated rings. The van der Waals surface area contributed by atoms with E-state index in [0.29, 0.717) is 11.3 Å². The lowest BCUT2D eigenvalue weighted by Gasteiger charge is -2.07. The number of nitrogens with one attached hydrogen (secondary N) is 1. The molecule has 0 aliphatic carbocycles. The minimum absolute atomic E-state index is 0.0454. The van der Waals surface area contributed by atoms with E-state index >= 15 is 0 Å². The first-order valence-corrected chi connectivity index (χ1v) is 6.52. The second kappa shape index (κ2) is 6.95. The highest BCUT2D eigenvalue weighted by atomic mass is 19.1. The van der Waals surface area contributed by atoms with Crippen molar-refractivity contribution in [2.45, 2.75) is 19.4 Å². The summed E-state index contributed by atoms with van der Waals surface area (Å²) in [6.07, 6.45) is 0.166. The molecule has 2 aromatic carbocycles. The van der Waals surface area contributed by atoms with Crippen LogP contribution in [0.25, 0.3) is 0 Å². The van der Waals surface area contributed by atoms with Gasteiger partial charge in [-0.1, -0.05) is 12.1 Å². The Kier molecular flexibility index (Phi) is 5.00. The Bertz CT molecular complexity index is 644. The van der Waals surface area contributed by atoms with Gasteiger partial charge in [-0.2, -0.15) is 0 Å². The average Bonchev–Trinajstić information content (AvgIpc) is 2.48. The van der Waals surface area contributed by atoms with Crippen LogP contribution >= 0.6 is 0 Å². The Morgan fingerprint density at radius 3 is 2.71 bits per heavy atom. The van der Waals surface area contributed by atoms with Crippen LogP contribution < -0.4 is 5.32 Å². The minimum atomic E-state index is -0.526. The van der Waals surface area contributed by atoms with Gasteiger partial charge in [-0.15, -0.1) is 0 Å². The molecule has 0 aliphatic heterocycles. The van der Waals surface area contributed by atoms with E-state index in [1.165, 1.54) is 0 Å². The Morgan fingerprint density at radius 1 is 1.14 bits per heavy atom. The van der Waals surface area contributed by atoms with E-state index in [1.54, 1.807) is 24.3 Å². The van der Waals surface area contributed by atoms with Crippen molar-refractivity contribution in [3.05, 3.63) is 65.2 Å². The predicted molar refractivity (Wildman–Crippen MR) is 75.7 cm³/mol. The Balaban J connectivity index is 1.94. The highest BCUT2D eigenvalue weighted by molar-refractivity contribution is 5.90. The van der Waals surface area contributed by atoms with Crippen LogP contribution in [0.15, 0.2) is 42.5 Å². The number of benzene rings is 2. The molecule has 2 rings (SSSR count). The topological polar surface area (TPSA) is 49.3 Å². The minimum Gasteiger partial charge on any atom is -0.392 e. The predicted octanol–water partition coefficient (Wildman–Crippen LogP) is 3.03. The lowest BCUT2D eigenvalue weighted by atomic mass is 10.1. The maximum atomic E-state index is 13.4. The van der Waals surface area contributed by atoms with Crippen LogP contribution in [0.5, 0.6) is 0 Å². The van der Waals surface area contributed by atoms with Crippen LogP contribution in [0.1, 0.15) is 17.5 Å². The van der Waals surface area contributed by atoms with Gasteiger partial charge in [0.05, 0.1) is 6.61 Å². The molecule has 0 unspecified atom stereocenters. The third-order valence-corrected chi connectivity index (χ3v) is 3.02. The van der Waals surface area contributed by atoms with Crippen molar-refractivity contribution in [3.63, 3.8) is 0 Å². The van der Waals surface area contributed by atoms with Gasteiger partial charge in [0.25, 0.3) is 0 Å². The van der Waals surface area contributed by atoms with Crippen LogP contribution in [-0.2, 0) is 17.8 Å². The van der Waals surface area contributed by atoms with E-state index in [0.717, 1.165) is 18.2 Å². The van der Waals surface area contributed by atoms with Gasteiger partial charge >= 0.3 is 0 Å². The molecule has 0 heterocycles. The van der Waals surface area contributed by atoms with Gasteiger partial charge in [0, 0.05) is 12.1 Å². The highest BCUT2D eigenvalue weighted by Crippen LogP contribution is 2.14. The van der Waals surface area contributed by atoms with Gasteiger partial charge in [0.1, 0.15) is 11.6 Å². The summed E-state index contributed by atoms with van der Waals surface area (Å²) in [6, 6.07) is 9.98. The van der Waals surface area contributed by atoms with E-state index in [9.17, 15) is 13.6 Å². The van der Waals surface area contributed by atoms with Crippen molar-refractivity contribution in [1.82, 2.24) is 0 Å².